The van der Waals surface area contributed by atoms with Crippen LogP contribution in [-0.2, 0) is 15.6 Å². The standard InChI is InChI=1S/C14H15NO3S/c1-10-13(15)3-2-4-14(10)19(17,18)9-11-5-7-12(16)8-6-11/h2-8,16H,9,15H2,1H3. The van der Waals surface area contributed by atoms with E-state index in [0.29, 0.717) is 16.8 Å². The smallest absolute Gasteiger partial charge is 0.182 e. The number of hydrogen-bond donors (Lipinski definition) is 2. The summed E-state index contributed by atoms with van der Waals surface area (Å²) in [5.74, 6) is -0.00122. The maximum Gasteiger partial charge on any atom is 0.182 e. The number of nitrogens with two attached hydrogens (primary N) is 1. The van der Waals surface area contributed by atoms with E-state index in [1.165, 1.54) is 12.1 Å². The number of anilines is 1. The molecule has 19 heavy (non-hydrogen) atoms. The lowest BCUT2D eigenvalue weighted by Gasteiger charge is -2.09. The molecule has 2 rings (SSSR count). The second-order valence-corrected chi connectivity index (χ2v) is 6.35. The van der Waals surface area contributed by atoms with Crippen molar-refractivity contribution in [3.05, 3.63) is 53.6 Å². The Hall–Kier alpha value is -2.01. The molecule has 3 N–H and O–H groups in total. The summed E-state index contributed by atoms with van der Waals surface area (Å²) in [5, 5.41) is 9.19. The van der Waals surface area contributed by atoms with E-state index in [4.69, 9.17) is 5.73 Å². The first-order valence-electron chi connectivity index (χ1n) is 5.76. The molecule has 0 radical (unpaired) electrons. The summed E-state index contributed by atoms with van der Waals surface area (Å²) in [4.78, 5) is 0.251. The van der Waals surface area contributed by atoms with Crippen molar-refractivity contribution in [1.29, 1.82) is 0 Å². The van der Waals surface area contributed by atoms with E-state index in [0.717, 1.165) is 0 Å². The van der Waals surface area contributed by atoms with Gasteiger partial charge in [0.05, 0.1) is 10.6 Å². The first-order chi connectivity index (χ1) is 8.90. The molecule has 0 bridgehead atoms. The van der Waals surface area contributed by atoms with Gasteiger partial charge in [-0.3, -0.25) is 0 Å². The summed E-state index contributed by atoms with van der Waals surface area (Å²) < 4.78 is 24.7. The van der Waals surface area contributed by atoms with Crippen LogP contribution < -0.4 is 5.73 Å². The van der Waals surface area contributed by atoms with Crippen LogP contribution in [0.15, 0.2) is 47.4 Å². The molecule has 0 saturated carbocycles. The van der Waals surface area contributed by atoms with Crippen LogP contribution in [0.25, 0.3) is 0 Å². The summed E-state index contributed by atoms with van der Waals surface area (Å²) in [6.45, 7) is 1.69. The number of sulfone groups is 1. The van der Waals surface area contributed by atoms with E-state index >= 15 is 0 Å². The molecule has 0 aliphatic rings. The molecule has 0 aliphatic carbocycles. The molecule has 0 spiro atoms. The Kier molecular flexibility index (Phi) is 3.48. The van der Waals surface area contributed by atoms with Crippen LogP contribution in [0.2, 0.25) is 0 Å². The Labute approximate surface area is 112 Å². The molecule has 0 heterocycles. The van der Waals surface area contributed by atoms with E-state index in [2.05, 4.69) is 0 Å². The number of nitrogen functional groups attached to an aromatic ring is 1. The third kappa shape index (κ3) is 2.88. The molecule has 0 unspecified atom stereocenters. The van der Waals surface area contributed by atoms with Crippen LogP contribution in [0.4, 0.5) is 5.69 Å². The third-order valence-electron chi connectivity index (χ3n) is 2.95. The molecular weight excluding hydrogens is 262 g/mol. The van der Waals surface area contributed by atoms with Gasteiger partial charge in [-0.15, -0.1) is 0 Å². The monoisotopic (exact) mass is 277 g/mol. The lowest BCUT2D eigenvalue weighted by Crippen LogP contribution is -2.08. The summed E-state index contributed by atoms with van der Waals surface area (Å²) in [6, 6.07) is 11.0. The minimum atomic E-state index is -3.44. The Bertz CT molecular complexity index is 691. The molecule has 100 valence electrons. The Morgan fingerprint density at radius 2 is 1.74 bits per heavy atom. The maximum atomic E-state index is 12.3. The second kappa shape index (κ2) is 4.93. The van der Waals surface area contributed by atoms with Crippen molar-refractivity contribution in [2.45, 2.75) is 17.6 Å². The van der Waals surface area contributed by atoms with Crippen molar-refractivity contribution < 1.29 is 13.5 Å². The van der Waals surface area contributed by atoms with Gasteiger partial charge in [0.15, 0.2) is 9.84 Å². The molecule has 5 heteroatoms. The van der Waals surface area contributed by atoms with Gasteiger partial charge >= 0.3 is 0 Å². The lowest BCUT2D eigenvalue weighted by molar-refractivity contribution is 0.475. The van der Waals surface area contributed by atoms with E-state index in [-0.39, 0.29) is 16.4 Å². The number of rotatable bonds is 3. The first-order valence-corrected chi connectivity index (χ1v) is 7.41. The molecular formula is C14H15NO3S. The molecule has 2 aromatic carbocycles. The summed E-state index contributed by atoms with van der Waals surface area (Å²) >= 11 is 0. The van der Waals surface area contributed by atoms with Crippen LogP contribution in [0, 0.1) is 6.92 Å². The highest BCUT2D eigenvalue weighted by molar-refractivity contribution is 7.90. The summed E-state index contributed by atoms with van der Waals surface area (Å²) in [7, 11) is -3.44. The number of hydrogen-bond acceptors (Lipinski definition) is 4. The van der Waals surface area contributed by atoms with Crippen LogP contribution in [-0.4, -0.2) is 13.5 Å². The van der Waals surface area contributed by atoms with Gasteiger partial charge in [0, 0.05) is 5.69 Å². The zero-order valence-corrected chi connectivity index (χ0v) is 11.3. The van der Waals surface area contributed by atoms with Crippen LogP contribution >= 0.6 is 0 Å². The van der Waals surface area contributed by atoms with Gasteiger partial charge in [-0.05, 0) is 42.3 Å². The zero-order valence-electron chi connectivity index (χ0n) is 10.5. The van der Waals surface area contributed by atoms with E-state index < -0.39 is 9.84 Å². The van der Waals surface area contributed by atoms with Crippen LogP contribution in [0.3, 0.4) is 0 Å². The van der Waals surface area contributed by atoms with Crippen molar-refractivity contribution in [2.24, 2.45) is 0 Å². The predicted molar refractivity (Wildman–Crippen MR) is 74.6 cm³/mol. The van der Waals surface area contributed by atoms with E-state index in [1.54, 1.807) is 37.3 Å². The van der Waals surface area contributed by atoms with Gasteiger partial charge in [0.2, 0.25) is 0 Å². The lowest BCUT2D eigenvalue weighted by atomic mass is 10.2. The van der Waals surface area contributed by atoms with Crippen molar-refractivity contribution in [2.75, 3.05) is 5.73 Å². The highest BCUT2D eigenvalue weighted by Gasteiger charge is 2.18. The maximum absolute atomic E-state index is 12.3. The van der Waals surface area contributed by atoms with Gasteiger partial charge in [-0.2, -0.15) is 0 Å². The number of benzene rings is 2. The van der Waals surface area contributed by atoms with E-state index in [9.17, 15) is 13.5 Å². The molecule has 0 atom stereocenters. The van der Waals surface area contributed by atoms with Crippen LogP contribution in [0.5, 0.6) is 5.75 Å². The molecule has 0 aromatic heterocycles. The molecule has 2 aromatic rings. The topological polar surface area (TPSA) is 80.4 Å². The second-order valence-electron chi connectivity index (χ2n) is 4.40. The van der Waals surface area contributed by atoms with Crippen molar-refractivity contribution in [3.8, 4) is 5.75 Å². The quantitative estimate of drug-likeness (QED) is 0.843. The van der Waals surface area contributed by atoms with E-state index in [1.807, 2.05) is 0 Å². The van der Waals surface area contributed by atoms with Gasteiger partial charge in [0.25, 0.3) is 0 Å². The molecule has 0 aliphatic heterocycles. The van der Waals surface area contributed by atoms with Gasteiger partial charge < -0.3 is 10.8 Å². The molecule has 4 nitrogen and oxygen atoms in total. The average molecular weight is 277 g/mol. The largest absolute Gasteiger partial charge is 0.508 e. The number of phenolic OH excluding ortho intramolecular Hbond substituents is 1. The Morgan fingerprint density at radius 3 is 2.37 bits per heavy atom. The number of phenols is 1. The molecule has 0 amide bonds. The van der Waals surface area contributed by atoms with Gasteiger partial charge in [0.1, 0.15) is 5.75 Å². The predicted octanol–water partition coefficient (Wildman–Crippen LogP) is 2.26. The average Bonchev–Trinajstić information content (AvgIpc) is 2.35. The van der Waals surface area contributed by atoms with Gasteiger partial charge in [-0.1, -0.05) is 18.2 Å². The fourth-order valence-corrected chi connectivity index (χ4v) is 3.51. The van der Waals surface area contributed by atoms with Crippen molar-refractivity contribution in [3.63, 3.8) is 0 Å². The fraction of sp³-hybridized carbons (Fsp3) is 0.143. The zero-order chi connectivity index (χ0) is 14.0. The molecule has 0 fully saturated rings. The highest BCUT2D eigenvalue weighted by atomic mass is 32.2. The Balaban J connectivity index is 2.38. The summed E-state index contributed by atoms with van der Waals surface area (Å²) in [6.07, 6.45) is 0. The minimum absolute atomic E-state index is 0.112. The fourth-order valence-electron chi connectivity index (χ4n) is 1.86. The molecule has 0 saturated heterocycles. The number of aromatic hydroxyl groups is 1. The normalized spacial score (nSPS) is 11.4. The summed E-state index contributed by atoms with van der Waals surface area (Å²) in [5.41, 5.74) is 7.39. The first kappa shape index (κ1) is 13.4. The van der Waals surface area contributed by atoms with Gasteiger partial charge in [-0.25, -0.2) is 8.42 Å². The van der Waals surface area contributed by atoms with Crippen molar-refractivity contribution >= 4 is 15.5 Å². The van der Waals surface area contributed by atoms with Crippen molar-refractivity contribution in [1.82, 2.24) is 0 Å². The highest BCUT2D eigenvalue weighted by Crippen LogP contribution is 2.24. The third-order valence-corrected chi connectivity index (χ3v) is 4.78. The minimum Gasteiger partial charge on any atom is -0.508 e. The Morgan fingerprint density at radius 1 is 1.11 bits per heavy atom. The van der Waals surface area contributed by atoms with Crippen LogP contribution in [0.1, 0.15) is 11.1 Å². The SMILES string of the molecule is Cc1c(N)cccc1S(=O)(=O)Cc1ccc(O)cc1.